The second-order valence-electron chi connectivity index (χ2n) is 12.4. The molecule has 0 aliphatic heterocycles. The quantitative estimate of drug-likeness (QED) is 0.632. The molecule has 0 radical (unpaired) electrons. The van der Waals surface area contributed by atoms with Crippen LogP contribution in [-0.4, -0.2) is 45.2 Å². The standard InChI is InChI=1S/C27H45N3O3/c1-7-21-20(9-8-19-14-27(32,17-33-6)13-12-26(19,21)5)22-10-11-23(25(22,3)4)24(31)16-30-28-15-18(2)29-30/h15,19-23,32H,7-14,16-17H2,1-6H3/t19-,20+,21-,22-,23+,26-,27+/m0/s1. The zero-order valence-corrected chi connectivity index (χ0v) is 21.6. The van der Waals surface area contributed by atoms with Crippen LogP contribution in [0.25, 0.3) is 0 Å². The lowest BCUT2D eigenvalue weighted by Gasteiger charge is -2.59. The summed E-state index contributed by atoms with van der Waals surface area (Å²) in [6, 6.07) is 0. The molecule has 0 saturated heterocycles. The second kappa shape index (κ2) is 9.07. The number of aromatic nitrogens is 3. The number of hydrogen-bond donors (Lipinski definition) is 1. The molecule has 1 heterocycles. The fraction of sp³-hybridized carbons (Fsp3) is 0.889. The minimum Gasteiger partial charge on any atom is -0.387 e. The Hall–Kier alpha value is -1.27. The molecule has 4 rings (SSSR count). The lowest BCUT2D eigenvalue weighted by Crippen LogP contribution is -2.54. The SMILES string of the molecule is CC[C@H]1[C@H]([C@@H]2CC[C@H](C(=O)Cn3ncc(C)n3)C2(C)C)CC[C@H]2C[C@@](O)(COC)CC[C@@]21C. The van der Waals surface area contributed by atoms with Gasteiger partial charge in [-0.25, -0.2) is 0 Å². The number of rotatable bonds is 7. The van der Waals surface area contributed by atoms with Gasteiger partial charge < -0.3 is 9.84 Å². The summed E-state index contributed by atoms with van der Waals surface area (Å²) in [7, 11) is 1.70. The normalized spacial score (nSPS) is 40.5. The van der Waals surface area contributed by atoms with Gasteiger partial charge >= 0.3 is 0 Å². The molecule has 186 valence electrons. The smallest absolute Gasteiger partial charge is 0.159 e. The van der Waals surface area contributed by atoms with E-state index >= 15 is 0 Å². The number of methoxy groups -OCH3 is 1. The molecule has 0 aromatic carbocycles. The molecule has 33 heavy (non-hydrogen) atoms. The summed E-state index contributed by atoms with van der Waals surface area (Å²) >= 11 is 0. The summed E-state index contributed by atoms with van der Waals surface area (Å²) < 4.78 is 5.37. The van der Waals surface area contributed by atoms with Gasteiger partial charge in [0.1, 0.15) is 6.54 Å². The molecule has 3 aliphatic carbocycles. The van der Waals surface area contributed by atoms with Crippen molar-refractivity contribution in [2.45, 2.75) is 98.1 Å². The van der Waals surface area contributed by atoms with Gasteiger partial charge in [-0.1, -0.05) is 34.1 Å². The minimum absolute atomic E-state index is 0.00792. The maximum Gasteiger partial charge on any atom is 0.159 e. The van der Waals surface area contributed by atoms with Gasteiger partial charge in [0.15, 0.2) is 5.78 Å². The molecule has 7 atom stereocenters. The zero-order valence-electron chi connectivity index (χ0n) is 21.6. The molecule has 0 unspecified atom stereocenters. The number of fused-ring (bicyclic) bond motifs is 1. The van der Waals surface area contributed by atoms with Gasteiger partial charge in [0, 0.05) is 13.0 Å². The van der Waals surface area contributed by atoms with Crippen LogP contribution in [0.2, 0.25) is 0 Å². The van der Waals surface area contributed by atoms with Gasteiger partial charge in [-0.05, 0) is 86.4 Å². The molecular weight excluding hydrogens is 414 g/mol. The fourth-order valence-electron chi connectivity index (χ4n) is 8.55. The van der Waals surface area contributed by atoms with Crippen LogP contribution in [0.1, 0.15) is 84.8 Å². The number of Topliss-reactive ketones (excluding diaryl/α,β-unsaturated/α-hetero) is 1. The van der Waals surface area contributed by atoms with Gasteiger partial charge in [0.25, 0.3) is 0 Å². The van der Waals surface area contributed by atoms with Crippen molar-refractivity contribution in [2.75, 3.05) is 13.7 Å². The molecule has 0 amide bonds. The molecule has 0 bridgehead atoms. The number of carbonyl (C=O) groups is 1. The maximum atomic E-state index is 13.3. The number of hydrogen-bond acceptors (Lipinski definition) is 5. The highest BCUT2D eigenvalue weighted by atomic mass is 16.5. The van der Waals surface area contributed by atoms with E-state index in [1.807, 2.05) is 6.92 Å². The van der Waals surface area contributed by atoms with Crippen LogP contribution in [0.15, 0.2) is 6.20 Å². The minimum atomic E-state index is -0.660. The number of aliphatic hydroxyl groups is 1. The third-order valence-electron chi connectivity index (χ3n) is 10.2. The van der Waals surface area contributed by atoms with E-state index in [1.165, 1.54) is 19.3 Å². The number of ether oxygens (including phenoxy) is 1. The number of nitrogens with zero attached hydrogens (tertiary/aromatic N) is 3. The zero-order chi connectivity index (χ0) is 24.0. The van der Waals surface area contributed by atoms with Crippen LogP contribution in [0.4, 0.5) is 0 Å². The average molecular weight is 460 g/mol. The van der Waals surface area contributed by atoms with Crippen molar-refractivity contribution in [3.63, 3.8) is 0 Å². The van der Waals surface area contributed by atoms with Crippen molar-refractivity contribution in [3.8, 4) is 0 Å². The highest BCUT2D eigenvalue weighted by molar-refractivity contribution is 5.81. The highest BCUT2D eigenvalue weighted by Crippen LogP contribution is 2.63. The first-order chi connectivity index (χ1) is 15.5. The summed E-state index contributed by atoms with van der Waals surface area (Å²) in [6.45, 7) is 12.2. The van der Waals surface area contributed by atoms with Gasteiger partial charge in [0.2, 0.25) is 0 Å². The first kappa shape index (κ1) is 24.8. The maximum absolute atomic E-state index is 13.3. The molecule has 3 saturated carbocycles. The van der Waals surface area contributed by atoms with Gasteiger partial charge in [-0.2, -0.15) is 15.0 Å². The average Bonchev–Trinajstić information content (AvgIpc) is 3.29. The Morgan fingerprint density at radius 3 is 2.61 bits per heavy atom. The first-order valence-corrected chi connectivity index (χ1v) is 13.1. The van der Waals surface area contributed by atoms with Crippen molar-refractivity contribution in [2.24, 2.45) is 40.4 Å². The van der Waals surface area contributed by atoms with Crippen molar-refractivity contribution in [1.82, 2.24) is 15.0 Å². The van der Waals surface area contributed by atoms with E-state index in [1.54, 1.807) is 18.1 Å². The predicted octanol–water partition coefficient (Wildman–Crippen LogP) is 4.83. The van der Waals surface area contributed by atoms with E-state index in [0.29, 0.717) is 30.3 Å². The Labute approximate surface area is 199 Å². The van der Waals surface area contributed by atoms with Gasteiger partial charge in [-0.3, -0.25) is 4.79 Å². The summed E-state index contributed by atoms with van der Waals surface area (Å²) in [5, 5.41) is 19.7. The third-order valence-corrected chi connectivity index (χ3v) is 10.2. The Morgan fingerprint density at radius 1 is 1.21 bits per heavy atom. The number of ketones is 1. The number of carbonyl (C=O) groups excluding carboxylic acids is 1. The van der Waals surface area contributed by atoms with Gasteiger partial charge in [-0.15, -0.1) is 0 Å². The first-order valence-electron chi connectivity index (χ1n) is 13.1. The summed E-state index contributed by atoms with van der Waals surface area (Å²) in [5.74, 6) is 2.80. The summed E-state index contributed by atoms with van der Waals surface area (Å²) in [5.41, 5.74) is 0.456. The van der Waals surface area contributed by atoms with Crippen LogP contribution in [0.5, 0.6) is 0 Å². The van der Waals surface area contributed by atoms with Crippen molar-refractivity contribution in [1.29, 1.82) is 0 Å². The van der Waals surface area contributed by atoms with Gasteiger partial charge in [0.05, 0.1) is 24.1 Å². The predicted molar refractivity (Wildman–Crippen MR) is 129 cm³/mol. The summed E-state index contributed by atoms with van der Waals surface area (Å²) in [4.78, 5) is 14.9. The molecular formula is C27H45N3O3. The summed E-state index contributed by atoms with van der Waals surface area (Å²) in [6.07, 6.45) is 10.2. The van der Waals surface area contributed by atoms with Crippen molar-refractivity contribution < 1.29 is 14.6 Å². The third kappa shape index (κ3) is 4.42. The van der Waals surface area contributed by atoms with E-state index < -0.39 is 5.60 Å². The Bertz CT molecular complexity index is 851. The van der Waals surface area contributed by atoms with E-state index in [0.717, 1.165) is 37.8 Å². The molecule has 1 aromatic rings. The lowest BCUT2D eigenvalue weighted by atomic mass is 9.47. The molecule has 6 heteroatoms. The molecule has 3 fully saturated rings. The van der Waals surface area contributed by atoms with E-state index in [-0.39, 0.29) is 29.1 Å². The van der Waals surface area contributed by atoms with Crippen LogP contribution in [0.3, 0.4) is 0 Å². The van der Waals surface area contributed by atoms with Crippen LogP contribution in [-0.2, 0) is 16.1 Å². The van der Waals surface area contributed by atoms with Crippen LogP contribution in [0, 0.1) is 47.3 Å². The van der Waals surface area contributed by atoms with Crippen molar-refractivity contribution >= 4 is 5.78 Å². The van der Waals surface area contributed by atoms with E-state index in [2.05, 4.69) is 37.9 Å². The fourth-order valence-corrected chi connectivity index (χ4v) is 8.55. The molecule has 1 N–H and O–H groups in total. The van der Waals surface area contributed by atoms with Crippen LogP contribution < -0.4 is 0 Å². The highest BCUT2D eigenvalue weighted by Gasteiger charge is 2.58. The second-order valence-corrected chi connectivity index (χ2v) is 12.4. The molecule has 1 aromatic heterocycles. The lowest BCUT2D eigenvalue weighted by molar-refractivity contribution is -0.148. The Kier molecular flexibility index (Phi) is 6.83. The molecule has 0 spiro atoms. The Morgan fingerprint density at radius 2 is 1.97 bits per heavy atom. The molecule has 6 nitrogen and oxygen atoms in total. The van der Waals surface area contributed by atoms with E-state index in [9.17, 15) is 9.90 Å². The van der Waals surface area contributed by atoms with Crippen LogP contribution >= 0.6 is 0 Å². The number of aryl methyl sites for hydroxylation is 1. The largest absolute Gasteiger partial charge is 0.387 e. The monoisotopic (exact) mass is 459 g/mol. The van der Waals surface area contributed by atoms with E-state index in [4.69, 9.17) is 4.74 Å². The molecule has 3 aliphatic rings. The topological polar surface area (TPSA) is 77.2 Å². The van der Waals surface area contributed by atoms with Crippen molar-refractivity contribution in [3.05, 3.63) is 11.9 Å². The Balaban J connectivity index is 1.50.